The van der Waals surface area contributed by atoms with E-state index in [0.717, 1.165) is 22.4 Å². The standard InChI is InChI=1S/C19H24O3/c1-13-9-10-14(2)18(11-13)22-12-16-7-5-6-8-17(16)19(21-4)15(3)20/h5-11,15,19-20H,12H2,1-4H3. The van der Waals surface area contributed by atoms with E-state index in [1.807, 2.05) is 37.3 Å². The first-order chi connectivity index (χ1) is 10.5. The van der Waals surface area contributed by atoms with Crippen LogP contribution in [0.15, 0.2) is 42.5 Å². The number of aliphatic hydroxyl groups excluding tert-OH is 1. The van der Waals surface area contributed by atoms with Gasteiger partial charge in [-0.3, -0.25) is 0 Å². The molecular weight excluding hydrogens is 276 g/mol. The Labute approximate surface area is 132 Å². The smallest absolute Gasteiger partial charge is 0.122 e. The molecule has 0 amide bonds. The minimum absolute atomic E-state index is 0.349. The monoisotopic (exact) mass is 300 g/mol. The fourth-order valence-corrected chi connectivity index (χ4v) is 2.55. The molecule has 0 saturated heterocycles. The second kappa shape index (κ2) is 7.43. The van der Waals surface area contributed by atoms with Gasteiger partial charge in [0.25, 0.3) is 0 Å². The second-order valence-electron chi connectivity index (χ2n) is 5.65. The van der Waals surface area contributed by atoms with Gasteiger partial charge in [-0.2, -0.15) is 0 Å². The van der Waals surface area contributed by atoms with E-state index in [1.54, 1.807) is 14.0 Å². The normalized spacial score (nSPS) is 13.7. The third-order valence-corrected chi connectivity index (χ3v) is 3.78. The van der Waals surface area contributed by atoms with E-state index in [-0.39, 0.29) is 6.10 Å². The predicted molar refractivity (Wildman–Crippen MR) is 88.1 cm³/mol. The Morgan fingerprint density at radius 2 is 1.82 bits per heavy atom. The highest BCUT2D eigenvalue weighted by atomic mass is 16.5. The Bertz CT molecular complexity index is 620. The maximum atomic E-state index is 9.89. The van der Waals surface area contributed by atoms with E-state index >= 15 is 0 Å². The minimum atomic E-state index is -0.577. The van der Waals surface area contributed by atoms with Gasteiger partial charge in [-0.15, -0.1) is 0 Å². The number of benzene rings is 2. The molecule has 0 aromatic heterocycles. The lowest BCUT2D eigenvalue weighted by Gasteiger charge is -2.22. The van der Waals surface area contributed by atoms with Crippen molar-refractivity contribution < 1.29 is 14.6 Å². The highest BCUT2D eigenvalue weighted by Gasteiger charge is 2.19. The summed E-state index contributed by atoms with van der Waals surface area (Å²) in [5.74, 6) is 0.890. The van der Waals surface area contributed by atoms with Gasteiger partial charge in [0.1, 0.15) is 18.5 Å². The van der Waals surface area contributed by atoms with Crippen LogP contribution in [0.3, 0.4) is 0 Å². The Morgan fingerprint density at radius 3 is 2.50 bits per heavy atom. The summed E-state index contributed by atoms with van der Waals surface area (Å²) in [7, 11) is 1.61. The Hall–Kier alpha value is -1.84. The van der Waals surface area contributed by atoms with Gasteiger partial charge in [-0.05, 0) is 49.1 Å². The maximum absolute atomic E-state index is 9.89. The summed E-state index contributed by atoms with van der Waals surface area (Å²) in [5.41, 5.74) is 4.27. The summed E-state index contributed by atoms with van der Waals surface area (Å²) in [4.78, 5) is 0. The van der Waals surface area contributed by atoms with Crippen LogP contribution in [-0.2, 0) is 11.3 Å². The van der Waals surface area contributed by atoms with Crippen LogP contribution in [0, 0.1) is 13.8 Å². The molecule has 22 heavy (non-hydrogen) atoms. The van der Waals surface area contributed by atoms with Gasteiger partial charge >= 0.3 is 0 Å². The van der Waals surface area contributed by atoms with Gasteiger partial charge in [0.2, 0.25) is 0 Å². The van der Waals surface area contributed by atoms with E-state index in [9.17, 15) is 5.11 Å². The van der Waals surface area contributed by atoms with Crippen molar-refractivity contribution in [1.29, 1.82) is 0 Å². The molecule has 2 unspecified atom stereocenters. The zero-order valence-electron chi connectivity index (χ0n) is 13.7. The lowest BCUT2D eigenvalue weighted by Crippen LogP contribution is -2.18. The Kier molecular flexibility index (Phi) is 5.58. The molecule has 1 N–H and O–H groups in total. The van der Waals surface area contributed by atoms with Crippen molar-refractivity contribution >= 4 is 0 Å². The third kappa shape index (κ3) is 3.87. The van der Waals surface area contributed by atoms with E-state index in [1.165, 1.54) is 5.56 Å². The summed E-state index contributed by atoms with van der Waals surface area (Å²) in [6, 6.07) is 14.1. The van der Waals surface area contributed by atoms with Gasteiger partial charge in [0.05, 0.1) is 6.10 Å². The zero-order chi connectivity index (χ0) is 16.1. The van der Waals surface area contributed by atoms with Crippen LogP contribution in [0.5, 0.6) is 5.75 Å². The van der Waals surface area contributed by atoms with Gasteiger partial charge in [0.15, 0.2) is 0 Å². The molecule has 0 radical (unpaired) electrons. The fourth-order valence-electron chi connectivity index (χ4n) is 2.55. The van der Waals surface area contributed by atoms with Crippen LogP contribution >= 0.6 is 0 Å². The van der Waals surface area contributed by atoms with E-state index in [4.69, 9.17) is 9.47 Å². The number of ether oxygens (including phenoxy) is 2. The molecule has 0 aliphatic carbocycles. The second-order valence-corrected chi connectivity index (χ2v) is 5.65. The van der Waals surface area contributed by atoms with E-state index in [2.05, 4.69) is 19.1 Å². The lowest BCUT2D eigenvalue weighted by molar-refractivity contribution is -0.00441. The first-order valence-electron chi connectivity index (χ1n) is 7.51. The van der Waals surface area contributed by atoms with Gasteiger partial charge in [0, 0.05) is 7.11 Å². The maximum Gasteiger partial charge on any atom is 0.122 e. The largest absolute Gasteiger partial charge is 0.489 e. The topological polar surface area (TPSA) is 38.7 Å². The minimum Gasteiger partial charge on any atom is -0.489 e. The van der Waals surface area contributed by atoms with Crippen LogP contribution in [0.2, 0.25) is 0 Å². The van der Waals surface area contributed by atoms with Crippen LogP contribution in [0.25, 0.3) is 0 Å². The summed E-state index contributed by atoms with van der Waals surface area (Å²) < 4.78 is 11.4. The molecule has 3 heteroatoms. The first-order valence-corrected chi connectivity index (χ1v) is 7.51. The molecule has 3 nitrogen and oxygen atoms in total. The molecule has 0 aliphatic rings. The number of rotatable bonds is 6. The number of aliphatic hydroxyl groups is 1. The average Bonchev–Trinajstić information content (AvgIpc) is 2.50. The number of hydrogen-bond acceptors (Lipinski definition) is 3. The molecule has 0 heterocycles. The molecule has 0 fully saturated rings. The van der Waals surface area contributed by atoms with Crippen molar-refractivity contribution in [1.82, 2.24) is 0 Å². The molecule has 0 spiro atoms. The van der Waals surface area contributed by atoms with Crippen molar-refractivity contribution in [2.24, 2.45) is 0 Å². The molecule has 2 atom stereocenters. The van der Waals surface area contributed by atoms with Crippen molar-refractivity contribution in [3.05, 3.63) is 64.7 Å². The van der Waals surface area contributed by atoms with Crippen molar-refractivity contribution in [2.45, 2.75) is 39.6 Å². The molecule has 0 aliphatic heterocycles. The third-order valence-electron chi connectivity index (χ3n) is 3.78. The van der Waals surface area contributed by atoms with Crippen molar-refractivity contribution in [3.8, 4) is 5.75 Å². The quantitative estimate of drug-likeness (QED) is 0.878. The van der Waals surface area contributed by atoms with Crippen LogP contribution < -0.4 is 4.74 Å². The highest BCUT2D eigenvalue weighted by molar-refractivity contribution is 5.37. The van der Waals surface area contributed by atoms with Gasteiger partial charge in [-0.25, -0.2) is 0 Å². The Balaban J connectivity index is 2.21. The van der Waals surface area contributed by atoms with Crippen LogP contribution in [0.4, 0.5) is 0 Å². The molecule has 2 rings (SSSR count). The molecule has 0 bridgehead atoms. The predicted octanol–water partition coefficient (Wildman–Crippen LogP) is 3.95. The number of aryl methyl sites for hydroxylation is 2. The highest BCUT2D eigenvalue weighted by Crippen LogP contribution is 2.26. The number of hydrogen-bond donors (Lipinski definition) is 1. The van der Waals surface area contributed by atoms with E-state index < -0.39 is 6.10 Å². The van der Waals surface area contributed by atoms with Crippen molar-refractivity contribution in [2.75, 3.05) is 7.11 Å². The van der Waals surface area contributed by atoms with Gasteiger partial charge < -0.3 is 14.6 Å². The van der Waals surface area contributed by atoms with Crippen LogP contribution in [0.1, 0.15) is 35.3 Å². The molecule has 2 aromatic carbocycles. The van der Waals surface area contributed by atoms with Gasteiger partial charge in [-0.1, -0.05) is 36.4 Å². The molecule has 0 saturated carbocycles. The Morgan fingerprint density at radius 1 is 1.09 bits per heavy atom. The molecule has 118 valence electrons. The molecule has 2 aromatic rings. The average molecular weight is 300 g/mol. The van der Waals surface area contributed by atoms with E-state index in [0.29, 0.717) is 6.61 Å². The molecular formula is C19H24O3. The summed E-state index contributed by atoms with van der Waals surface area (Å²) in [6.07, 6.45) is -0.926. The number of methoxy groups -OCH3 is 1. The zero-order valence-corrected chi connectivity index (χ0v) is 13.7. The SMILES string of the molecule is COC(c1ccccc1COc1cc(C)ccc1C)C(C)O. The van der Waals surface area contributed by atoms with Crippen LogP contribution in [-0.4, -0.2) is 18.3 Å². The summed E-state index contributed by atoms with van der Waals surface area (Å²) >= 11 is 0. The van der Waals surface area contributed by atoms with Crippen molar-refractivity contribution in [3.63, 3.8) is 0 Å². The summed E-state index contributed by atoms with van der Waals surface area (Å²) in [5, 5.41) is 9.89. The summed E-state index contributed by atoms with van der Waals surface area (Å²) in [6.45, 7) is 6.27. The lowest BCUT2D eigenvalue weighted by atomic mass is 9.99. The fraction of sp³-hybridized carbons (Fsp3) is 0.368. The first kappa shape index (κ1) is 16.5.